The van der Waals surface area contributed by atoms with Crippen LogP contribution in [0.5, 0.6) is 0 Å². The van der Waals surface area contributed by atoms with Gasteiger partial charge >= 0.3 is 0 Å². The molecule has 0 radical (unpaired) electrons. The molecule has 0 heterocycles. The van der Waals surface area contributed by atoms with Crippen LogP contribution < -0.4 is 0 Å². The van der Waals surface area contributed by atoms with Gasteiger partial charge in [-0.2, -0.15) is 0 Å². The molecule has 0 amide bonds. The predicted octanol–water partition coefficient (Wildman–Crippen LogP) is 2.36. The van der Waals surface area contributed by atoms with E-state index in [-0.39, 0.29) is 11.7 Å². The molecule has 0 aliphatic heterocycles. The zero-order chi connectivity index (χ0) is 9.56. The number of ketones is 2. The van der Waals surface area contributed by atoms with Gasteiger partial charge < -0.3 is 4.79 Å². The highest BCUT2D eigenvalue weighted by Gasteiger charge is 2.11. The summed E-state index contributed by atoms with van der Waals surface area (Å²) in [7, 11) is 0. The molecule has 0 aromatic carbocycles. The molecule has 2 nitrogen and oxygen atoms in total. The van der Waals surface area contributed by atoms with Crippen molar-refractivity contribution < 1.29 is 9.59 Å². The van der Waals surface area contributed by atoms with Crippen LogP contribution in [0, 0.1) is 5.92 Å². The molecule has 0 aliphatic carbocycles. The van der Waals surface area contributed by atoms with Gasteiger partial charge in [0.15, 0.2) is 0 Å². The van der Waals surface area contributed by atoms with E-state index in [1.165, 1.54) is 0 Å². The van der Waals surface area contributed by atoms with Gasteiger partial charge in [0, 0.05) is 18.8 Å². The van der Waals surface area contributed by atoms with Crippen molar-refractivity contribution in [2.75, 3.05) is 0 Å². The molecule has 2 heteroatoms. The summed E-state index contributed by atoms with van der Waals surface area (Å²) in [6, 6.07) is 0. The zero-order valence-electron chi connectivity index (χ0n) is 8.22. The Morgan fingerprint density at radius 1 is 1.25 bits per heavy atom. The maximum absolute atomic E-state index is 11.2. The number of hydrogen-bond acceptors (Lipinski definition) is 2. The second-order valence-corrected chi connectivity index (χ2v) is 3.36. The van der Waals surface area contributed by atoms with Crippen LogP contribution in [-0.2, 0) is 9.59 Å². The number of carbonyl (C=O) groups is 2. The molecule has 0 bridgehead atoms. The Morgan fingerprint density at radius 3 is 2.25 bits per heavy atom. The summed E-state index contributed by atoms with van der Waals surface area (Å²) in [5, 5.41) is 0. The van der Waals surface area contributed by atoms with Crippen LogP contribution in [-0.4, -0.2) is 11.6 Å². The van der Waals surface area contributed by atoms with Crippen LogP contribution in [0.25, 0.3) is 0 Å². The van der Waals surface area contributed by atoms with Gasteiger partial charge in [-0.3, -0.25) is 4.79 Å². The molecule has 12 heavy (non-hydrogen) atoms. The second-order valence-electron chi connectivity index (χ2n) is 3.36. The fraction of sp³-hybridized carbons (Fsp3) is 0.800. The van der Waals surface area contributed by atoms with Gasteiger partial charge in [-0.15, -0.1) is 0 Å². The number of hydrogen-bond donors (Lipinski definition) is 0. The Kier molecular flexibility index (Phi) is 5.60. The summed E-state index contributed by atoms with van der Waals surface area (Å²) in [6.07, 6.45) is 2.81. The topological polar surface area (TPSA) is 34.1 Å². The normalized spacial score (nSPS) is 12.6. The molecule has 0 aromatic heterocycles. The van der Waals surface area contributed by atoms with Crippen molar-refractivity contribution in [3.63, 3.8) is 0 Å². The third kappa shape index (κ3) is 5.05. The molecule has 0 saturated heterocycles. The first-order chi connectivity index (χ1) is 5.57. The van der Waals surface area contributed by atoms with Crippen molar-refractivity contribution in [3.8, 4) is 0 Å². The van der Waals surface area contributed by atoms with E-state index in [0.29, 0.717) is 25.0 Å². The molecular weight excluding hydrogens is 152 g/mol. The molecule has 0 rings (SSSR count). The Bertz CT molecular complexity index is 161. The van der Waals surface area contributed by atoms with E-state index < -0.39 is 0 Å². The van der Waals surface area contributed by atoms with Crippen molar-refractivity contribution in [1.29, 1.82) is 0 Å². The van der Waals surface area contributed by atoms with E-state index in [1.54, 1.807) is 6.92 Å². The highest BCUT2D eigenvalue weighted by molar-refractivity contribution is 5.81. The van der Waals surface area contributed by atoms with Crippen molar-refractivity contribution in [1.82, 2.24) is 0 Å². The maximum Gasteiger partial charge on any atom is 0.135 e. The van der Waals surface area contributed by atoms with Crippen LogP contribution in [0.4, 0.5) is 0 Å². The van der Waals surface area contributed by atoms with Gasteiger partial charge in [0.1, 0.15) is 11.6 Å². The third-order valence-corrected chi connectivity index (χ3v) is 1.98. The fourth-order valence-corrected chi connectivity index (χ4v) is 1.07. The number of carbonyl (C=O) groups excluding carboxylic acids is 2. The smallest absolute Gasteiger partial charge is 0.135 e. The molecule has 70 valence electrons. The maximum atomic E-state index is 11.2. The molecule has 1 atom stereocenters. The molecule has 1 unspecified atom stereocenters. The highest BCUT2D eigenvalue weighted by Crippen LogP contribution is 2.10. The van der Waals surface area contributed by atoms with Crippen molar-refractivity contribution in [2.45, 2.75) is 46.5 Å². The largest absolute Gasteiger partial charge is 0.300 e. The summed E-state index contributed by atoms with van der Waals surface area (Å²) in [5.74, 6) is 0.527. The monoisotopic (exact) mass is 170 g/mol. The lowest BCUT2D eigenvalue weighted by molar-refractivity contribution is -0.123. The molecule has 0 aliphatic rings. The van der Waals surface area contributed by atoms with E-state index in [4.69, 9.17) is 0 Å². The Balaban J connectivity index is 3.63. The highest BCUT2D eigenvalue weighted by atomic mass is 16.1. The lowest BCUT2D eigenvalue weighted by Crippen LogP contribution is -2.11. The van der Waals surface area contributed by atoms with E-state index in [9.17, 15) is 9.59 Å². The Morgan fingerprint density at radius 2 is 1.83 bits per heavy atom. The number of Topliss-reactive ketones (excluding diaryl/α,β-unsaturated/α-hetero) is 2. The van der Waals surface area contributed by atoms with E-state index in [0.717, 1.165) is 6.42 Å². The summed E-state index contributed by atoms with van der Waals surface area (Å²) < 4.78 is 0. The Hall–Kier alpha value is -0.660. The van der Waals surface area contributed by atoms with Crippen LogP contribution in [0.1, 0.15) is 46.5 Å². The first-order valence-electron chi connectivity index (χ1n) is 4.60. The molecule has 0 N–H and O–H groups in total. The van der Waals surface area contributed by atoms with Crippen LogP contribution >= 0.6 is 0 Å². The first kappa shape index (κ1) is 11.3. The minimum atomic E-state index is 0.0637. The Labute approximate surface area is 74.3 Å². The van der Waals surface area contributed by atoms with Gasteiger partial charge in [0.25, 0.3) is 0 Å². The van der Waals surface area contributed by atoms with E-state index in [2.05, 4.69) is 0 Å². The quantitative estimate of drug-likeness (QED) is 0.613. The summed E-state index contributed by atoms with van der Waals surface area (Å²) in [6.45, 7) is 5.47. The van der Waals surface area contributed by atoms with Gasteiger partial charge in [-0.25, -0.2) is 0 Å². The van der Waals surface area contributed by atoms with Crippen LogP contribution in [0.15, 0.2) is 0 Å². The van der Waals surface area contributed by atoms with Gasteiger partial charge in [-0.05, 0) is 19.8 Å². The fourth-order valence-electron chi connectivity index (χ4n) is 1.07. The van der Waals surface area contributed by atoms with Crippen LogP contribution in [0.2, 0.25) is 0 Å². The lowest BCUT2D eigenvalue weighted by atomic mass is 9.97. The zero-order valence-corrected chi connectivity index (χ0v) is 8.22. The molecule has 0 saturated carbocycles. The van der Waals surface area contributed by atoms with Crippen molar-refractivity contribution in [2.24, 2.45) is 5.92 Å². The van der Waals surface area contributed by atoms with E-state index in [1.807, 2.05) is 13.8 Å². The molecular formula is C10H18O2. The summed E-state index contributed by atoms with van der Waals surface area (Å²) in [4.78, 5) is 21.9. The van der Waals surface area contributed by atoms with Gasteiger partial charge in [0.2, 0.25) is 0 Å². The summed E-state index contributed by atoms with van der Waals surface area (Å²) >= 11 is 0. The molecule has 0 aromatic rings. The average molecular weight is 170 g/mol. The average Bonchev–Trinajstić information content (AvgIpc) is 2.00. The first-order valence-corrected chi connectivity index (χ1v) is 4.60. The molecule has 0 spiro atoms. The minimum absolute atomic E-state index is 0.0637. The third-order valence-electron chi connectivity index (χ3n) is 1.98. The SMILES string of the molecule is CCCC(=O)C(C)CCC(C)=O. The van der Waals surface area contributed by atoms with Gasteiger partial charge in [-0.1, -0.05) is 13.8 Å². The van der Waals surface area contributed by atoms with Crippen LogP contribution in [0.3, 0.4) is 0 Å². The number of rotatable bonds is 6. The van der Waals surface area contributed by atoms with Crippen molar-refractivity contribution in [3.05, 3.63) is 0 Å². The predicted molar refractivity (Wildman–Crippen MR) is 49.0 cm³/mol. The minimum Gasteiger partial charge on any atom is -0.300 e. The lowest BCUT2D eigenvalue weighted by Gasteiger charge is -2.07. The second kappa shape index (κ2) is 5.92. The van der Waals surface area contributed by atoms with Crippen molar-refractivity contribution >= 4 is 11.6 Å². The summed E-state index contributed by atoms with van der Waals surface area (Å²) in [5.41, 5.74) is 0. The standard InChI is InChI=1S/C10H18O2/c1-4-5-10(12)8(2)6-7-9(3)11/h8H,4-7H2,1-3H3. The molecule has 0 fully saturated rings. The van der Waals surface area contributed by atoms with Gasteiger partial charge in [0.05, 0.1) is 0 Å². The van der Waals surface area contributed by atoms with E-state index >= 15 is 0 Å².